The molecule has 5 rings (SSSR count). The Morgan fingerprint density at radius 3 is 2.63 bits per heavy atom. The van der Waals surface area contributed by atoms with Crippen LogP contribution >= 0.6 is 0 Å². The third-order valence-electron chi connectivity index (χ3n) is 9.91. The highest BCUT2D eigenvalue weighted by Crippen LogP contribution is 2.65. The van der Waals surface area contributed by atoms with Gasteiger partial charge in [0.2, 0.25) is 0 Å². The molecule has 4 aliphatic carbocycles. The van der Waals surface area contributed by atoms with E-state index in [4.69, 9.17) is 4.74 Å². The number of carbonyl (C=O) groups excluding carboxylic acids is 1. The summed E-state index contributed by atoms with van der Waals surface area (Å²) >= 11 is 0. The van der Waals surface area contributed by atoms with Crippen LogP contribution in [0.4, 0.5) is 0 Å². The second kappa shape index (κ2) is 6.53. The summed E-state index contributed by atoms with van der Waals surface area (Å²) in [5.74, 6) is 3.30. The van der Waals surface area contributed by atoms with Gasteiger partial charge in [0, 0.05) is 31.0 Å². The average Bonchev–Trinajstić information content (AvgIpc) is 2.96. The minimum atomic E-state index is -0.207. The van der Waals surface area contributed by atoms with E-state index in [9.17, 15) is 9.90 Å². The van der Waals surface area contributed by atoms with E-state index in [-0.39, 0.29) is 16.9 Å². The molecule has 0 aromatic carbocycles. The molecule has 27 heavy (non-hydrogen) atoms. The molecule has 0 bridgehead atoms. The monoisotopic (exact) mass is 375 g/mol. The van der Waals surface area contributed by atoms with E-state index in [1.54, 1.807) is 0 Å². The van der Waals surface area contributed by atoms with Gasteiger partial charge in [-0.1, -0.05) is 13.8 Å². The normalized spacial score (nSPS) is 53.5. The Morgan fingerprint density at radius 1 is 1.07 bits per heavy atom. The van der Waals surface area contributed by atoms with Crippen molar-refractivity contribution >= 4 is 5.78 Å². The zero-order valence-corrected chi connectivity index (χ0v) is 17.2. The first-order valence-electron chi connectivity index (χ1n) is 11.5. The molecule has 4 nitrogen and oxygen atoms in total. The second-order valence-electron chi connectivity index (χ2n) is 10.8. The third-order valence-corrected chi connectivity index (χ3v) is 9.91. The lowest BCUT2D eigenvalue weighted by Crippen LogP contribution is -2.60. The summed E-state index contributed by atoms with van der Waals surface area (Å²) < 4.78 is 5.53. The fourth-order valence-corrected chi connectivity index (χ4v) is 8.35. The molecule has 1 N–H and O–H groups in total. The maximum absolute atomic E-state index is 12.6. The molecule has 152 valence electrons. The highest BCUT2D eigenvalue weighted by molar-refractivity contribution is 5.87. The van der Waals surface area contributed by atoms with Crippen molar-refractivity contribution in [3.05, 3.63) is 0 Å². The summed E-state index contributed by atoms with van der Waals surface area (Å²) in [7, 11) is 0. The van der Waals surface area contributed by atoms with Gasteiger partial charge in [-0.25, -0.2) is 0 Å². The molecule has 1 saturated heterocycles. The molecule has 0 amide bonds. The number of ether oxygens (including phenoxy) is 1. The Kier molecular flexibility index (Phi) is 4.49. The van der Waals surface area contributed by atoms with Crippen LogP contribution in [0.1, 0.15) is 65.2 Å². The number of ketones is 1. The molecule has 4 saturated carbocycles. The SMILES string of the molecule is C[C@]12C[C@H](O)[C@@H](N3CCOCC3)CC1CCC1C2CC[C@]2(C)C(=O)CCC12. The molecule has 0 aromatic rings. The molecule has 1 aliphatic heterocycles. The smallest absolute Gasteiger partial charge is 0.139 e. The van der Waals surface area contributed by atoms with E-state index in [0.717, 1.165) is 64.3 Å². The van der Waals surface area contributed by atoms with Gasteiger partial charge in [-0.15, -0.1) is 0 Å². The van der Waals surface area contributed by atoms with E-state index in [1.807, 2.05) is 0 Å². The van der Waals surface area contributed by atoms with Crippen LogP contribution in [0.25, 0.3) is 0 Å². The maximum Gasteiger partial charge on any atom is 0.139 e. The van der Waals surface area contributed by atoms with Gasteiger partial charge in [0.25, 0.3) is 0 Å². The molecule has 0 radical (unpaired) electrons. The van der Waals surface area contributed by atoms with Crippen LogP contribution in [0, 0.1) is 34.5 Å². The molecule has 5 fully saturated rings. The summed E-state index contributed by atoms with van der Waals surface area (Å²) in [5.41, 5.74) is 0.228. The van der Waals surface area contributed by atoms with Gasteiger partial charge in [-0.3, -0.25) is 9.69 Å². The number of carbonyl (C=O) groups is 1. The lowest BCUT2D eigenvalue weighted by Gasteiger charge is -2.61. The number of hydrogen-bond donors (Lipinski definition) is 1. The van der Waals surface area contributed by atoms with E-state index in [1.165, 1.54) is 19.3 Å². The largest absolute Gasteiger partial charge is 0.391 e. The van der Waals surface area contributed by atoms with Gasteiger partial charge in [-0.05, 0) is 74.0 Å². The van der Waals surface area contributed by atoms with Crippen LogP contribution in [0.3, 0.4) is 0 Å². The average molecular weight is 376 g/mol. The fourth-order valence-electron chi connectivity index (χ4n) is 8.35. The Morgan fingerprint density at radius 2 is 1.85 bits per heavy atom. The van der Waals surface area contributed by atoms with Crippen molar-refractivity contribution in [1.29, 1.82) is 0 Å². The highest BCUT2D eigenvalue weighted by atomic mass is 16.5. The van der Waals surface area contributed by atoms with Gasteiger partial charge in [-0.2, -0.15) is 0 Å². The lowest BCUT2D eigenvalue weighted by molar-refractivity contribution is -0.157. The summed E-state index contributed by atoms with van der Waals surface area (Å²) in [5, 5.41) is 11.2. The second-order valence-corrected chi connectivity index (χ2v) is 10.8. The van der Waals surface area contributed by atoms with Crippen LogP contribution in [0.2, 0.25) is 0 Å². The van der Waals surface area contributed by atoms with Gasteiger partial charge in [0.05, 0.1) is 19.3 Å². The van der Waals surface area contributed by atoms with E-state index < -0.39 is 0 Å². The molecule has 8 atom stereocenters. The number of Topliss-reactive ketones (excluding diaryl/α,β-unsaturated/α-hetero) is 1. The van der Waals surface area contributed by atoms with Crippen molar-refractivity contribution in [2.24, 2.45) is 34.5 Å². The summed E-state index contributed by atoms with van der Waals surface area (Å²) in [6.07, 6.45) is 8.73. The molecular formula is C23H37NO3. The molecule has 0 aromatic heterocycles. The number of nitrogens with zero attached hydrogens (tertiary/aromatic N) is 1. The first-order chi connectivity index (χ1) is 12.9. The van der Waals surface area contributed by atoms with E-state index >= 15 is 0 Å². The van der Waals surface area contributed by atoms with Crippen LogP contribution in [0.15, 0.2) is 0 Å². The Balaban J connectivity index is 1.37. The molecular weight excluding hydrogens is 338 g/mol. The number of aliphatic hydroxyl groups is 1. The molecule has 1 heterocycles. The summed E-state index contributed by atoms with van der Waals surface area (Å²) in [6, 6.07) is 0.324. The quantitative estimate of drug-likeness (QED) is 0.764. The van der Waals surface area contributed by atoms with Crippen LogP contribution in [-0.2, 0) is 9.53 Å². The van der Waals surface area contributed by atoms with Gasteiger partial charge < -0.3 is 9.84 Å². The van der Waals surface area contributed by atoms with Crippen molar-refractivity contribution in [2.45, 2.75) is 77.4 Å². The number of rotatable bonds is 1. The number of morpholine rings is 1. The number of fused-ring (bicyclic) bond motifs is 5. The molecule has 0 spiro atoms. The van der Waals surface area contributed by atoms with Crippen LogP contribution < -0.4 is 0 Å². The van der Waals surface area contributed by atoms with Crippen molar-refractivity contribution in [2.75, 3.05) is 26.3 Å². The van der Waals surface area contributed by atoms with Crippen LogP contribution in [0.5, 0.6) is 0 Å². The highest BCUT2D eigenvalue weighted by Gasteiger charge is 2.61. The topological polar surface area (TPSA) is 49.8 Å². The first kappa shape index (κ1) is 18.6. The van der Waals surface area contributed by atoms with E-state index in [0.29, 0.717) is 29.6 Å². The minimum absolute atomic E-state index is 0.0337. The fraction of sp³-hybridized carbons (Fsp3) is 0.957. The Labute approximate surface area is 164 Å². The molecule has 4 unspecified atom stereocenters. The molecule has 4 heteroatoms. The summed E-state index contributed by atoms with van der Waals surface area (Å²) in [6.45, 7) is 8.32. The minimum Gasteiger partial charge on any atom is -0.391 e. The predicted octanol–water partition coefficient (Wildman–Crippen LogP) is 3.27. The first-order valence-corrected chi connectivity index (χ1v) is 11.5. The third kappa shape index (κ3) is 2.69. The maximum atomic E-state index is 12.6. The Hall–Kier alpha value is -0.450. The summed E-state index contributed by atoms with van der Waals surface area (Å²) in [4.78, 5) is 15.1. The predicted molar refractivity (Wildman–Crippen MR) is 104 cm³/mol. The van der Waals surface area contributed by atoms with Gasteiger partial charge in [0.15, 0.2) is 0 Å². The van der Waals surface area contributed by atoms with Crippen molar-refractivity contribution < 1.29 is 14.6 Å². The molecule has 5 aliphatic rings. The van der Waals surface area contributed by atoms with Gasteiger partial charge in [0.1, 0.15) is 5.78 Å². The number of hydrogen-bond acceptors (Lipinski definition) is 4. The number of aliphatic hydroxyl groups excluding tert-OH is 1. The zero-order valence-electron chi connectivity index (χ0n) is 17.2. The zero-order chi connectivity index (χ0) is 18.8. The lowest BCUT2D eigenvalue weighted by atomic mass is 9.44. The van der Waals surface area contributed by atoms with Crippen LogP contribution in [-0.4, -0.2) is 54.2 Å². The van der Waals surface area contributed by atoms with Crippen molar-refractivity contribution in [3.8, 4) is 0 Å². The standard InChI is InChI=1S/C23H37NO3/c1-22-8-7-18-16(17(22)5-6-21(22)26)4-3-15-13-19(20(25)14-23(15,18)2)24-9-11-27-12-10-24/h15-20,25H,3-14H2,1-2H3/t15?,16?,17?,18?,19-,20-,22-,23-/m0/s1. The van der Waals surface area contributed by atoms with Crippen molar-refractivity contribution in [3.63, 3.8) is 0 Å². The van der Waals surface area contributed by atoms with Gasteiger partial charge >= 0.3 is 0 Å². The van der Waals surface area contributed by atoms with E-state index in [2.05, 4.69) is 18.7 Å². The Bertz CT molecular complexity index is 602. The van der Waals surface area contributed by atoms with Crippen molar-refractivity contribution in [1.82, 2.24) is 4.90 Å².